The molecule has 0 atom stereocenters. The molecular weight excluding hydrogens is 868 g/mol. The highest BCUT2D eigenvalue weighted by Gasteiger charge is 2.54. The zero-order valence-electron chi connectivity index (χ0n) is 42.8. The predicted octanol–water partition coefficient (Wildman–Crippen LogP) is 15.9. The van der Waals surface area contributed by atoms with Crippen molar-refractivity contribution in [2.24, 2.45) is 0 Å². The molecule has 9 aromatic rings. The maximum absolute atomic E-state index is 4.30. The Bertz CT molecular complexity index is 3850. The fourth-order valence-corrected chi connectivity index (χ4v) is 15.3. The summed E-state index contributed by atoms with van der Waals surface area (Å²) in [6.07, 6.45) is 2.37. The molecule has 0 bridgehead atoms. The summed E-state index contributed by atoms with van der Waals surface area (Å²) >= 11 is 0. The van der Waals surface area contributed by atoms with Gasteiger partial charge in [0.2, 0.25) is 0 Å². The van der Waals surface area contributed by atoms with Crippen LogP contribution in [0, 0.1) is 0 Å². The average Bonchev–Trinajstić information content (AvgIpc) is 3.91. The van der Waals surface area contributed by atoms with Crippen LogP contribution < -0.4 is 21.1 Å². The fourth-order valence-electron chi connectivity index (χ4n) is 15.3. The van der Waals surface area contributed by atoms with Crippen LogP contribution in [0.2, 0.25) is 0 Å². The Labute approximate surface area is 426 Å². The van der Waals surface area contributed by atoms with Crippen molar-refractivity contribution in [2.45, 2.75) is 95.3 Å². The van der Waals surface area contributed by atoms with Crippen molar-refractivity contribution in [1.82, 2.24) is 0 Å². The van der Waals surface area contributed by atoms with Crippen molar-refractivity contribution in [3.63, 3.8) is 0 Å². The lowest BCUT2D eigenvalue weighted by molar-refractivity contribution is 0.332. The highest BCUT2D eigenvalue weighted by molar-refractivity contribution is 6.73. The molecule has 2 heterocycles. The van der Waals surface area contributed by atoms with Crippen LogP contribution in [0.3, 0.4) is 0 Å². The molecule has 0 radical (unpaired) electrons. The Hall–Kier alpha value is -7.36. The first-order valence-electron chi connectivity index (χ1n) is 26.4. The summed E-state index contributed by atoms with van der Waals surface area (Å²) in [5.74, 6) is 0. The molecule has 2 nitrogen and oxygen atoms in total. The zero-order valence-corrected chi connectivity index (χ0v) is 42.8. The number of hydrogen-bond donors (Lipinski definition) is 1. The van der Waals surface area contributed by atoms with Crippen LogP contribution in [0.4, 0.5) is 28.4 Å². The standard InChI is InChI=1S/C69H59BN2/c1-65(2)36-37-66(3,4)55-38-40(32-34-51(55)65)71-62-43(33-35-53-59(62)44-22-11-13-24-47(44)67(53,5)6)46-39-56-60(45-23-12-14-25-48(45)68(56,7)8)64-61(46)70-57-30-19-29-54-63(57)72(64)58-31-18-17-28-52(58)69(54)49-26-15-9-20-41(49)42-21-10-16-27-50(42)69/h9-35,38-39,70-71H,36-37H2,1-8H3. The number of rotatable bonds is 3. The third-order valence-corrected chi connectivity index (χ3v) is 18.9. The Morgan fingerprint density at radius 2 is 0.931 bits per heavy atom. The van der Waals surface area contributed by atoms with Gasteiger partial charge in [-0.25, -0.2) is 0 Å². The van der Waals surface area contributed by atoms with Gasteiger partial charge in [-0.1, -0.05) is 213 Å². The molecule has 15 rings (SSSR count). The van der Waals surface area contributed by atoms with Gasteiger partial charge in [0.15, 0.2) is 7.28 Å². The van der Waals surface area contributed by atoms with Crippen molar-refractivity contribution in [1.29, 1.82) is 0 Å². The molecule has 0 aromatic heterocycles. The number of anilines is 5. The molecule has 0 fully saturated rings. The maximum atomic E-state index is 4.30. The Kier molecular flexibility index (Phi) is 8.22. The molecule has 9 aromatic carbocycles. The van der Waals surface area contributed by atoms with E-state index in [0.717, 1.165) is 13.0 Å². The van der Waals surface area contributed by atoms with E-state index in [0.29, 0.717) is 0 Å². The second kappa shape index (κ2) is 14.0. The molecule has 348 valence electrons. The van der Waals surface area contributed by atoms with Crippen LogP contribution in [-0.2, 0) is 27.1 Å². The van der Waals surface area contributed by atoms with Gasteiger partial charge in [0.25, 0.3) is 0 Å². The van der Waals surface area contributed by atoms with Gasteiger partial charge in [-0.3, -0.25) is 0 Å². The topological polar surface area (TPSA) is 15.3 Å². The van der Waals surface area contributed by atoms with Crippen molar-refractivity contribution in [3.05, 3.63) is 232 Å². The highest BCUT2D eigenvalue weighted by atomic mass is 15.2. The average molecular weight is 927 g/mol. The van der Waals surface area contributed by atoms with Crippen LogP contribution in [0.25, 0.3) is 44.5 Å². The van der Waals surface area contributed by atoms with Crippen LogP contribution in [0.15, 0.2) is 176 Å². The first-order chi connectivity index (χ1) is 34.7. The minimum Gasteiger partial charge on any atom is -0.354 e. The van der Waals surface area contributed by atoms with Crippen LogP contribution in [-0.4, -0.2) is 7.28 Å². The van der Waals surface area contributed by atoms with Gasteiger partial charge in [0.1, 0.15) is 0 Å². The summed E-state index contributed by atoms with van der Waals surface area (Å²) in [5.41, 5.74) is 32.9. The number of fused-ring (bicyclic) bond motifs is 19. The number of para-hydroxylation sites is 2. The van der Waals surface area contributed by atoms with E-state index in [2.05, 4.69) is 242 Å². The molecule has 0 saturated heterocycles. The molecule has 0 amide bonds. The lowest BCUT2D eigenvalue weighted by atomic mass is 9.54. The smallest absolute Gasteiger partial charge is 0.198 e. The van der Waals surface area contributed by atoms with Crippen molar-refractivity contribution < 1.29 is 0 Å². The molecule has 0 saturated carbocycles. The minimum atomic E-state index is -0.475. The summed E-state index contributed by atoms with van der Waals surface area (Å²) in [4.78, 5) is 2.74. The largest absolute Gasteiger partial charge is 0.354 e. The van der Waals surface area contributed by atoms with Gasteiger partial charge in [0.05, 0.1) is 16.8 Å². The van der Waals surface area contributed by atoms with Gasteiger partial charge in [0, 0.05) is 44.6 Å². The first-order valence-corrected chi connectivity index (χ1v) is 26.4. The van der Waals surface area contributed by atoms with Gasteiger partial charge >= 0.3 is 0 Å². The molecule has 0 unspecified atom stereocenters. The molecular formula is C69H59BN2. The van der Waals surface area contributed by atoms with Crippen molar-refractivity contribution >= 4 is 46.6 Å². The van der Waals surface area contributed by atoms with Gasteiger partial charge < -0.3 is 10.2 Å². The Morgan fingerprint density at radius 1 is 0.389 bits per heavy atom. The molecule has 1 N–H and O–H groups in total. The third-order valence-electron chi connectivity index (χ3n) is 18.9. The van der Waals surface area contributed by atoms with E-state index >= 15 is 0 Å². The normalized spacial score (nSPS) is 18.0. The van der Waals surface area contributed by atoms with Gasteiger partial charge in [-0.2, -0.15) is 0 Å². The second-order valence-electron chi connectivity index (χ2n) is 24.3. The summed E-state index contributed by atoms with van der Waals surface area (Å²) in [5, 5.41) is 4.30. The van der Waals surface area contributed by atoms with Crippen LogP contribution in [0.5, 0.6) is 0 Å². The van der Waals surface area contributed by atoms with E-state index in [9.17, 15) is 0 Å². The monoisotopic (exact) mass is 926 g/mol. The zero-order chi connectivity index (χ0) is 48.8. The van der Waals surface area contributed by atoms with E-state index in [1.807, 2.05) is 0 Å². The number of benzene rings is 9. The molecule has 2 aliphatic heterocycles. The van der Waals surface area contributed by atoms with E-state index in [4.69, 9.17) is 0 Å². The summed E-state index contributed by atoms with van der Waals surface area (Å²) in [6, 6.07) is 68.4. The highest BCUT2D eigenvalue weighted by Crippen LogP contribution is 2.66. The number of hydrogen-bond acceptors (Lipinski definition) is 2. The van der Waals surface area contributed by atoms with Crippen molar-refractivity contribution in [2.75, 3.05) is 10.2 Å². The lowest BCUT2D eigenvalue weighted by Crippen LogP contribution is -2.47. The van der Waals surface area contributed by atoms with E-state index in [-0.39, 0.29) is 21.7 Å². The lowest BCUT2D eigenvalue weighted by Gasteiger charge is -2.48. The van der Waals surface area contributed by atoms with Gasteiger partial charge in [-0.15, -0.1) is 0 Å². The minimum absolute atomic E-state index is 0.0798. The fraction of sp³-hybridized carbons (Fsp3) is 0.217. The second-order valence-corrected chi connectivity index (χ2v) is 24.3. The number of nitrogens with one attached hydrogen (secondary N) is 1. The Morgan fingerprint density at radius 3 is 1.61 bits per heavy atom. The Balaban J connectivity index is 1.05. The predicted molar refractivity (Wildman–Crippen MR) is 304 cm³/mol. The number of nitrogens with zero attached hydrogens (tertiary/aromatic N) is 1. The summed E-state index contributed by atoms with van der Waals surface area (Å²) < 4.78 is 0. The van der Waals surface area contributed by atoms with E-state index in [1.165, 1.54) is 147 Å². The molecule has 1 spiro atoms. The first kappa shape index (κ1) is 42.3. The molecule has 6 aliphatic rings. The van der Waals surface area contributed by atoms with E-state index in [1.54, 1.807) is 0 Å². The molecule has 4 aliphatic carbocycles. The molecule has 3 heteroatoms. The summed E-state index contributed by atoms with van der Waals surface area (Å²) in [6.45, 7) is 19.5. The van der Waals surface area contributed by atoms with Gasteiger partial charge in [-0.05, 0) is 137 Å². The maximum Gasteiger partial charge on any atom is 0.198 e. The van der Waals surface area contributed by atoms with Crippen LogP contribution in [0.1, 0.15) is 124 Å². The molecule has 72 heavy (non-hydrogen) atoms. The third kappa shape index (κ3) is 5.17. The SMILES string of the molecule is CC1(C)CCC(C)(C)c2cc(Nc3c(-c4cc5c(c6c4Bc4cccc7c4N6c4ccccc4C74c6ccccc6-c6ccccc64)-c4ccccc4C5(C)C)ccc4c3-c3ccccc3C4(C)C)ccc21. The van der Waals surface area contributed by atoms with Crippen LogP contribution >= 0.6 is 0 Å². The summed E-state index contributed by atoms with van der Waals surface area (Å²) in [7, 11) is 0.808. The quantitative estimate of drug-likeness (QED) is 0.178. The van der Waals surface area contributed by atoms with E-state index < -0.39 is 5.41 Å². The van der Waals surface area contributed by atoms with Crippen molar-refractivity contribution in [3.8, 4) is 44.5 Å².